The Kier molecular flexibility index (Phi) is 6.27. The van der Waals surface area contributed by atoms with Crippen molar-refractivity contribution in [2.45, 2.75) is 31.7 Å². The number of hydrogen-bond acceptors (Lipinski definition) is 3. The lowest BCUT2D eigenvalue weighted by atomic mass is 10.1. The van der Waals surface area contributed by atoms with Gasteiger partial charge < -0.3 is 15.6 Å². The van der Waals surface area contributed by atoms with Gasteiger partial charge in [-0.15, -0.1) is 0 Å². The highest BCUT2D eigenvalue weighted by atomic mass is 19.4. The van der Waals surface area contributed by atoms with Crippen LogP contribution in [-0.2, 0) is 11.3 Å². The molecular weight excluding hydrogens is 259 g/mol. The molecule has 0 radical (unpaired) electrons. The molecule has 0 spiro atoms. The van der Waals surface area contributed by atoms with Crippen LogP contribution in [0.2, 0.25) is 0 Å². The fourth-order valence-electron chi connectivity index (χ4n) is 1.54. The molecule has 0 aliphatic heterocycles. The van der Waals surface area contributed by atoms with Crippen molar-refractivity contribution >= 4 is 0 Å². The summed E-state index contributed by atoms with van der Waals surface area (Å²) in [5.74, 6) is 0. The first-order valence-corrected chi connectivity index (χ1v) is 6.04. The van der Waals surface area contributed by atoms with E-state index in [4.69, 9.17) is 10.5 Å². The normalized spacial score (nSPS) is 13.5. The Morgan fingerprint density at radius 1 is 1.21 bits per heavy atom. The molecular formula is C13H18F3NO2. The van der Waals surface area contributed by atoms with E-state index in [0.29, 0.717) is 12.1 Å². The van der Waals surface area contributed by atoms with Crippen molar-refractivity contribution in [3.63, 3.8) is 0 Å². The summed E-state index contributed by atoms with van der Waals surface area (Å²) >= 11 is 0. The molecule has 1 rings (SSSR count). The molecule has 0 bridgehead atoms. The second-order valence-corrected chi connectivity index (χ2v) is 4.26. The highest BCUT2D eigenvalue weighted by Crippen LogP contribution is 2.21. The maximum absolute atomic E-state index is 11.9. The molecule has 1 aromatic carbocycles. The molecule has 0 saturated heterocycles. The molecule has 3 N–H and O–H groups in total. The zero-order chi connectivity index (χ0) is 14.3. The zero-order valence-corrected chi connectivity index (χ0v) is 10.5. The highest BCUT2D eigenvalue weighted by Gasteiger charge is 2.25. The van der Waals surface area contributed by atoms with Gasteiger partial charge >= 0.3 is 6.18 Å². The van der Waals surface area contributed by atoms with E-state index >= 15 is 0 Å². The van der Waals surface area contributed by atoms with Gasteiger partial charge in [0, 0.05) is 19.6 Å². The van der Waals surface area contributed by atoms with Crippen LogP contribution >= 0.6 is 0 Å². The van der Waals surface area contributed by atoms with Gasteiger partial charge in [0.25, 0.3) is 0 Å². The van der Waals surface area contributed by atoms with E-state index in [9.17, 15) is 18.3 Å². The molecule has 0 saturated carbocycles. The number of hydrogen-bond donors (Lipinski definition) is 2. The van der Waals surface area contributed by atoms with Crippen LogP contribution in [0.4, 0.5) is 13.2 Å². The second-order valence-electron chi connectivity index (χ2n) is 4.26. The number of nitrogens with two attached hydrogens (primary N) is 1. The van der Waals surface area contributed by atoms with Crippen molar-refractivity contribution in [3.8, 4) is 0 Å². The first kappa shape index (κ1) is 15.9. The van der Waals surface area contributed by atoms with Gasteiger partial charge in [0.2, 0.25) is 0 Å². The fourth-order valence-corrected chi connectivity index (χ4v) is 1.54. The van der Waals surface area contributed by atoms with E-state index in [1.165, 1.54) is 0 Å². The minimum Gasteiger partial charge on any atom is -0.386 e. The standard InChI is InChI=1S/C13H18F3NO2/c14-13(15,16)6-1-7-19-9-12(18)11-4-2-10(8-17)3-5-11/h2-5,12,18H,1,6-9,17H2. The van der Waals surface area contributed by atoms with Crippen LogP contribution in [0.3, 0.4) is 0 Å². The summed E-state index contributed by atoms with van der Waals surface area (Å²) in [5, 5.41) is 9.76. The minimum absolute atomic E-state index is 0.0141. The van der Waals surface area contributed by atoms with E-state index in [2.05, 4.69) is 0 Å². The molecule has 19 heavy (non-hydrogen) atoms. The van der Waals surface area contributed by atoms with Gasteiger partial charge in [0.15, 0.2) is 0 Å². The van der Waals surface area contributed by atoms with Gasteiger partial charge in [0.05, 0.1) is 6.61 Å². The Morgan fingerprint density at radius 3 is 2.37 bits per heavy atom. The lowest BCUT2D eigenvalue weighted by Crippen LogP contribution is -2.11. The van der Waals surface area contributed by atoms with Gasteiger partial charge in [-0.05, 0) is 17.5 Å². The molecule has 0 fully saturated rings. The van der Waals surface area contributed by atoms with Gasteiger partial charge in [0.1, 0.15) is 6.10 Å². The van der Waals surface area contributed by atoms with E-state index in [-0.39, 0.29) is 19.6 Å². The third-order valence-corrected chi connectivity index (χ3v) is 2.62. The average molecular weight is 277 g/mol. The number of ether oxygens (including phenoxy) is 1. The Bertz CT molecular complexity index is 365. The van der Waals surface area contributed by atoms with Crippen molar-refractivity contribution in [2.75, 3.05) is 13.2 Å². The zero-order valence-electron chi connectivity index (χ0n) is 10.5. The van der Waals surface area contributed by atoms with E-state index < -0.39 is 18.7 Å². The third kappa shape index (κ3) is 6.56. The molecule has 0 heterocycles. The maximum atomic E-state index is 11.9. The highest BCUT2D eigenvalue weighted by molar-refractivity contribution is 5.23. The second kappa shape index (κ2) is 7.47. The lowest BCUT2D eigenvalue weighted by molar-refractivity contribution is -0.138. The predicted octanol–water partition coefficient (Wildman–Crippen LogP) is 2.54. The smallest absolute Gasteiger partial charge is 0.386 e. The number of halogens is 3. The number of aliphatic hydroxyl groups excluding tert-OH is 1. The average Bonchev–Trinajstić information content (AvgIpc) is 2.37. The Labute approximate surface area is 110 Å². The van der Waals surface area contributed by atoms with Crippen molar-refractivity contribution in [2.24, 2.45) is 5.73 Å². The summed E-state index contributed by atoms with van der Waals surface area (Å²) in [5.41, 5.74) is 7.05. The molecule has 0 amide bonds. The van der Waals surface area contributed by atoms with Crippen molar-refractivity contribution in [3.05, 3.63) is 35.4 Å². The predicted molar refractivity (Wildman–Crippen MR) is 65.4 cm³/mol. The van der Waals surface area contributed by atoms with Crippen LogP contribution in [-0.4, -0.2) is 24.5 Å². The van der Waals surface area contributed by atoms with E-state index in [0.717, 1.165) is 5.56 Å². The van der Waals surface area contributed by atoms with Crippen LogP contribution in [0, 0.1) is 0 Å². The summed E-state index contributed by atoms with van der Waals surface area (Å²) < 4.78 is 40.6. The molecule has 0 aliphatic carbocycles. The number of rotatable bonds is 7. The first-order valence-electron chi connectivity index (χ1n) is 6.04. The topological polar surface area (TPSA) is 55.5 Å². The molecule has 1 unspecified atom stereocenters. The van der Waals surface area contributed by atoms with Gasteiger partial charge in [-0.2, -0.15) is 13.2 Å². The quantitative estimate of drug-likeness (QED) is 0.753. The van der Waals surface area contributed by atoms with Crippen LogP contribution in [0.1, 0.15) is 30.1 Å². The number of benzene rings is 1. The Hall–Kier alpha value is -1.11. The molecule has 0 aliphatic rings. The lowest BCUT2D eigenvalue weighted by Gasteiger charge is -2.12. The van der Waals surface area contributed by atoms with Crippen molar-refractivity contribution in [1.82, 2.24) is 0 Å². The summed E-state index contributed by atoms with van der Waals surface area (Å²) in [6, 6.07) is 7.04. The molecule has 6 heteroatoms. The minimum atomic E-state index is -4.15. The van der Waals surface area contributed by atoms with Gasteiger partial charge in [-0.25, -0.2) is 0 Å². The van der Waals surface area contributed by atoms with Crippen LogP contribution < -0.4 is 5.73 Å². The summed E-state index contributed by atoms with van der Waals surface area (Å²) in [6.07, 6.45) is -5.95. The summed E-state index contributed by atoms with van der Waals surface area (Å²) in [7, 11) is 0. The van der Waals surface area contributed by atoms with Crippen molar-refractivity contribution < 1.29 is 23.0 Å². The van der Waals surface area contributed by atoms with Crippen molar-refractivity contribution in [1.29, 1.82) is 0 Å². The summed E-state index contributed by atoms with van der Waals surface area (Å²) in [4.78, 5) is 0. The van der Waals surface area contributed by atoms with Gasteiger partial charge in [-0.3, -0.25) is 0 Å². The summed E-state index contributed by atoms with van der Waals surface area (Å²) in [6.45, 7) is 0.390. The monoisotopic (exact) mass is 277 g/mol. The fraction of sp³-hybridized carbons (Fsp3) is 0.538. The molecule has 1 atom stereocenters. The molecule has 0 aromatic heterocycles. The SMILES string of the molecule is NCc1ccc(C(O)COCCCC(F)(F)F)cc1. The number of aliphatic hydroxyl groups is 1. The largest absolute Gasteiger partial charge is 0.389 e. The van der Waals surface area contributed by atoms with Gasteiger partial charge in [-0.1, -0.05) is 24.3 Å². The third-order valence-electron chi connectivity index (χ3n) is 2.62. The Morgan fingerprint density at radius 2 is 1.84 bits per heavy atom. The first-order chi connectivity index (χ1) is 8.92. The molecule has 108 valence electrons. The molecule has 1 aromatic rings. The van der Waals surface area contributed by atoms with Crippen LogP contribution in [0.5, 0.6) is 0 Å². The molecule has 3 nitrogen and oxygen atoms in total. The van der Waals surface area contributed by atoms with E-state index in [1.54, 1.807) is 24.3 Å². The Balaban J connectivity index is 2.25. The van der Waals surface area contributed by atoms with E-state index in [1.807, 2.05) is 0 Å². The van der Waals surface area contributed by atoms with Crippen LogP contribution in [0.25, 0.3) is 0 Å². The maximum Gasteiger partial charge on any atom is 0.389 e. The number of alkyl halides is 3. The van der Waals surface area contributed by atoms with Crippen LogP contribution in [0.15, 0.2) is 24.3 Å².